The van der Waals surface area contributed by atoms with Crippen LogP contribution in [-0.2, 0) is 19.9 Å². The first kappa shape index (κ1) is 14.0. The molecular formula is C14H18ClN3O. The molecule has 0 saturated heterocycles. The molecule has 0 aliphatic carbocycles. The molecule has 0 bridgehead atoms. The monoisotopic (exact) mass is 279 g/mol. The van der Waals surface area contributed by atoms with Crippen LogP contribution in [0.5, 0.6) is 0 Å². The molecule has 0 amide bonds. The first-order valence-electron chi connectivity index (χ1n) is 6.34. The summed E-state index contributed by atoms with van der Waals surface area (Å²) in [6.45, 7) is 3.95. The molecule has 1 unspecified atom stereocenters. The Balaban J connectivity index is 2.27. The molecule has 0 aromatic carbocycles. The zero-order chi connectivity index (χ0) is 14.0. The molecule has 102 valence electrons. The van der Waals surface area contributed by atoms with E-state index in [4.69, 9.17) is 11.6 Å². The minimum absolute atomic E-state index is 0.417. The van der Waals surface area contributed by atoms with Crippen LogP contribution in [0.1, 0.15) is 35.7 Å². The second-order valence-corrected chi connectivity index (χ2v) is 4.99. The van der Waals surface area contributed by atoms with Crippen LogP contribution in [-0.4, -0.2) is 19.9 Å². The largest absolute Gasteiger partial charge is 0.386 e. The number of aliphatic hydroxyl groups is 1. The maximum absolute atomic E-state index is 10.3. The van der Waals surface area contributed by atoms with E-state index in [9.17, 15) is 5.11 Å². The molecular weight excluding hydrogens is 262 g/mol. The van der Waals surface area contributed by atoms with Gasteiger partial charge in [0.15, 0.2) is 0 Å². The van der Waals surface area contributed by atoms with Crippen molar-refractivity contribution in [1.29, 1.82) is 0 Å². The molecule has 0 aliphatic heterocycles. The fourth-order valence-electron chi connectivity index (χ4n) is 2.17. The van der Waals surface area contributed by atoms with Crippen molar-refractivity contribution in [3.8, 4) is 0 Å². The summed E-state index contributed by atoms with van der Waals surface area (Å²) in [6.07, 6.45) is 2.22. The Morgan fingerprint density at radius 1 is 1.47 bits per heavy atom. The molecule has 0 spiro atoms. The van der Waals surface area contributed by atoms with E-state index in [0.717, 1.165) is 23.4 Å². The van der Waals surface area contributed by atoms with E-state index in [1.165, 1.54) is 0 Å². The fraction of sp³-hybridized carbons (Fsp3) is 0.429. The third-order valence-electron chi connectivity index (χ3n) is 3.26. The van der Waals surface area contributed by atoms with Crippen molar-refractivity contribution in [1.82, 2.24) is 14.8 Å². The molecule has 2 aromatic heterocycles. The lowest BCUT2D eigenvalue weighted by molar-refractivity contribution is 0.170. The van der Waals surface area contributed by atoms with Gasteiger partial charge in [-0.05, 0) is 25.0 Å². The number of aliphatic hydroxyl groups excluding tert-OH is 1. The Bertz CT molecular complexity index is 580. The highest BCUT2D eigenvalue weighted by atomic mass is 35.5. The van der Waals surface area contributed by atoms with E-state index in [1.54, 1.807) is 10.9 Å². The van der Waals surface area contributed by atoms with Crippen molar-refractivity contribution in [3.05, 3.63) is 46.0 Å². The number of aryl methyl sites for hydroxylation is 3. The van der Waals surface area contributed by atoms with Gasteiger partial charge in [0.25, 0.3) is 0 Å². The molecule has 1 atom stereocenters. The molecule has 2 rings (SSSR count). The number of halogens is 1. The van der Waals surface area contributed by atoms with E-state index in [0.29, 0.717) is 17.1 Å². The summed E-state index contributed by atoms with van der Waals surface area (Å²) in [7, 11) is 1.85. The third kappa shape index (κ3) is 2.80. The lowest BCUT2D eigenvalue weighted by Gasteiger charge is -2.12. The van der Waals surface area contributed by atoms with Crippen LogP contribution in [0.4, 0.5) is 0 Å². The molecule has 0 aliphatic rings. The highest BCUT2D eigenvalue weighted by Crippen LogP contribution is 2.26. The van der Waals surface area contributed by atoms with Gasteiger partial charge in [-0.25, -0.2) is 0 Å². The second kappa shape index (κ2) is 5.72. The number of rotatable bonds is 4. The van der Waals surface area contributed by atoms with Crippen molar-refractivity contribution in [2.45, 2.75) is 32.8 Å². The molecule has 4 nitrogen and oxygen atoms in total. The Labute approximate surface area is 118 Å². The molecule has 19 heavy (non-hydrogen) atoms. The topological polar surface area (TPSA) is 50.9 Å². The van der Waals surface area contributed by atoms with Gasteiger partial charge in [-0.2, -0.15) is 5.10 Å². The van der Waals surface area contributed by atoms with Crippen LogP contribution in [0.2, 0.25) is 5.02 Å². The van der Waals surface area contributed by atoms with E-state index in [2.05, 4.69) is 10.1 Å². The summed E-state index contributed by atoms with van der Waals surface area (Å²) in [4.78, 5) is 4.24. The van der Waals surface area contributed by atoms with Crippen molar-refractivity contribution in [2.75, 3.05) is 0 Å². The summed E-state index contributed by atoms with van der Waals surface area (Å²) in [5.74, 6) is 0. The van der Waals surface area contributed by atoms with Gasteiger partial charge in [0.2, 0.25) is 0 Å². The zero-order valence-electron chi connectivity index (χ0n) is 11.4. The molecule has 2 heterocycles. The quantitative estimate of drug-likeness (QED) is 0.936. The minimum atomic E-state index is -0.668. The summed E-state index contributed by atoms with van der Waals surface area (Å²) in [6, 6.07) is 3.80. The van der Waals surface area contributed by atoms with Crippen molar-refractivity contribution >= 4 is 11.6 Å². The Morgan fingerprint density at radius 3 is 2.79 bits per heavy atom. The number of pyridine rings is 1. The van der Waals surface area contributed by atoms with Crippen LogP contribution < -0.4 is 0 Å². The smallest absolute Gasteiger partial charge is 0.102 e. The van der Waals surface area contributed by atoms with Crippen LogP contribution >= 0.6 is 11.6 Å². The summed E-state index contributed by atoms with van der Waals surface area (Å²) in [5.41, 5.74) is 3.38. The van der Waals surface area contributed by atoms with Crippen LogP contribution in [0.3, 0.4) is 0 Å². The highest BCUT2D eigenvalue weighted by Gasteiger charge is 2.19. The van der Waals surface area contributed by atoms with Gasteiger partial charge in [0.05, 0.1) is 22.1 Å². The van der Waals surface area contributed by atoms with Crippen LogP contribution in [0.25, 0.3) is 0 Å². The van der Waals surface area contributed by atoms with Gasteiger partial charge in [-0.3, -0.25) is 9.67 Å². The maximum atomic E-state index is 10.3. The predicted octanol–water partition coefficient (Wildman–Crippen LogP) is 2.62. The van der Waals surface area contributed by atoms with Crippen molar-refractivity contribution in [3.63, 3.8) is 0 Å². The summed E-state index contributed by atoms with van der Waals surface area (Å²) in [5, 5.41) is 15.3. The molecule has 1 N–H and O–H groups in total. The summed E-state index contributed by atoms with van der Waals surface area (Å²) >= 11 is 6.29. The van der Waals surface area contributed by atoms with Crippen molar-refractivity contribution < 1.29 is 5.11 Å². The maximum Gasteiger partial charge on any atom is 0.102 e. The van der Waals surface area contributed by atoms with Gasteiger partial charge in [-0.1, -0.05) is 24.6 Å². The number of hydrogen-bond donors (Lipinski definition) is 1. The second-order valence-electron chi connectivity index (χ2n) is 4.61. The molecule has 0 saturated carbocycles. The van der Waals surface area contributed by atoms with Gasteiger partial charge < -0.3 is 5.11 Å². The van der Waals surface area contributed by atoms with Gasteiger partial charge in [-0.15, -0.1) is 0 Å². The van der Waals surface area contributed by atoms with E-state index >= 15 is 0 Å². The Kier molecular flexibility index (Phi) is 4.22. The first-order valence-corrected chi connectivity index (χ1v) is 6.72. The van der Waals surface area contributed by atoms with Gasteiger partial charge in [0, 0.05) is 19.7 Å². The zero-order valence-corrected chi connectivity index (χ0v) is 12.1. The van der Waals surface area contributed by atoms with Crippen molar-refractivity contribution in [2.24, 2.45) is 7.05 Å². The average molecular weight is 280 g/mol. The van der Waals surface area contributed by atoms with Gasteiger partial charge in [0.1, 0.15) is 6.10 Å². The van der Waals surface area contributed by atoms with E-state index < -0.39 is 6.10 Å². The Morgan fingerprint density at radius 2 is 2.21 bits per heavy atom. The molecule has 0 radical (unpaired) electrons. The third-order valence-corrected chi connectivity index (χ3v) is 3.69. The fourth-order valence-corrected chi connectivity index (χ4v) is 2.54. The molecule has 2 aromatic rings. The number of aromatic nitrogens is 3. The van der Waals surface area contributed by atoms with E-state index in [1.807, 2.05) is 33.0 Å². The Hall–Kier alpha value is -1.39. The number of nitrogens with zero attached hydrogens (tertiary/aromatic N) is 3. The normalized spacial score (nSPS) is 12.7. The standard InChI is InChI=1S/C14H18ClN3O/c1-4-10-13(15)11(18(3)17-10)8-12(19)14-9(2)6-5-7-16-14/h5-7,12,19H,4,8H2,1-3H3. The number of hydrogen-bond acceptors (Lipinski definition) is 3. The lowest BCUT2D eigenvalue weighted by Crippen LogP contribution is -2.09. The SMILES string of the molecule is CCc1nn(C)c(CC(O)c2ncccc2C)c1Cl. The van der Waals surface area contributed by atoms with Crippen LogP contribution in [0, 0.1) is 6.92 Å². The first-order chi connectivity index (χ1) is 9.04. The minimum Gasteiger partial charge on any atom is -0.386 e. The van der Waals surface area contributed by atoms with Gasteiger partial charge >= 0.3 is 0 Å². The van der Waals surface area contributed by atoms with Crippen LogP contribution in [0.15, 0.2) is 18.3 Å². The van der Waals surface area contributed by atoms with E-state index in [-0.39, 0.29) is 0 Å². The molecule has 5 heteroatoms. The predicted molar refractivity (Wildman–Crippen MR) is 75.2 cm³/mol. The highest BCUT2D eigenvalue weighted by molar-refractivity contribution is 6.31. The molecule has 0 fully saturated rings. The lowest BCUT2D eigenvalue weighted by atomic mass is 10.1. The summed E-state index contributed by atoms with van der Waals surface area (Å²) < 4.78 is 1.74. The average Bonchev–Trinajstić information content (AvgIpc) is 2.66.